The van der Waals surface area contributed by atoms with Gasteiger partial charge in [-0.25, -0.2) is 9.36 Å². The minimum absolute atomic E-state index is 0.263. The van der Waals surface area contributed by atoms with Gasteiger partial charge in [-0.3, -0.25) is 9.36 Å². The quantitative estimate of drug-likeness (QED) is 0.379. The van der Waals surface area contributed by atoms with Gasteiger partial charge in [-0.1, -0.05) is 23.7 Å². The molecule has 0 bridgehead atoms. The molecular formula is C26H22ClN3O4. The van der Waals surface area contributed by atoms with Gasteiger partial charge in [-0.05, 0) is 60.2 Å². The first-order chi connectivity index (χ1) is 16.4. The van der Waals surface area contributed by atoms with E-state index in [-0.39, 0.29) is 6.54 Å². The van der Waals surface area contributed by atoms with Crippen molar-refractivity contribution in [2.24, 2.45) is 7.05 Å². The topological polar surface area (TPSA) is 67.4 Å². The van der Waals surface area contributed by atoms with Crippen LogP contribution in [-0.4, -0.2) is 27.9 Å². The van der Waals surface area contributed by atoms with E-state index in [0.717, 1.165) is 16.5 Å². The molecule has 2 aromatic heterocycles. The Morgan fingerprint density at radius 1 is 0.824 bits per heavy atom. The first-order valence-electron chi connectivity index (χ1n) is 10.6. The standard InChI is InChI=1S/C26H22ClN3O4/c1-28-22-13-12-20(34-3)14-21(22)23-24(28)25(31)30(18-8-10-19(33-2)11-9-18)26(32)29(23)15-16-4-6-17(27)7-5-16/h4-14H,15H2,1-3H3. The Kier molecular flexibility index (Phi) is 5.42. The van der Waals surface area contributed by atoms with Crippen molar-refractivity contribution in [1.82, 2.24) is 13.7 Å². The number of methoxy groups -OCH3 is 2. The molecule has 34 heavy (non-hydrogen) atoms. The molecule has 0 aliphatic heterocycles. The molecule has 0 aliphatic carbocycles. The van der Waals surface area contributed by atoms with E-state index in [9.17, 15) is 9.59 Å². The van der Waals surface area contributed by atoms with Gasteiger partial charge in [0.05, 0.1) is 37.5 Å². The lowest BCUT2D eigenvalue weighted by atomic mass is 10.2. The molecule has 5 rings (SSSR count). The summed E-state index contributed by atoms with van der Waals surface area (Å²) < 4.78 is 15.3. The van der Waals surface area contributed by atoms with E-state index in [2.05, 4.69) is 0 Å². The summed E-state index contributed by atoms with van der Waals surface area (Å²) in [6, 6.07) is 19.7. The van der Waals surface area contributed by atoms with Crippen molar-refractivity contribution in [3.8, 4) is 17.2 Å². The Hall–Kier alpha value is -3.97. The highest BCUT2D eigenvalue weighted by molar-refractivity contribution is 6.30. The zero-order chi connectivity index (χ0) is 24.0. The lowest BCUT2D eigenvalue weighted by molar-refractivity contribution is 0.414. The molecule has 2 heterocycles. The molecule has 172 valence electrons. The number of halogens is 1. The Labute approximate surface area is 200 Å². The SMILES string of the molecule is COc1ccc(-n2c(=O)c3c(c4cc(OC)ccc4n3C)n(Cc3ccc(Cl)cc3)c2=O)cc1. The van der Waals surface area contributed by atoms with Crippen molar-refractivity contribution in [3.05, 3.63) is 98.2 Å². The molecule has 0 fully saturated rings. The molecule has 0 atom stereocenters. The van der Waals surface area contributed by atoms with Crippen molar-refractivity contribution < 1.29 is 9.47 Å². The number of nitrogens with zero attached hydrogens (tertiary/aromatic N) is 3. The van der Waals surface area contributed by atoms with E-state index >= 15 is 0 Å². The highest BCUT2D eigenvalue weighted by atomic mass is 35.5. The van der Waals surface area contributed by atoms with Crippen molar-refractivity contribution in [2.75, 3.05) is 14.2 Å². The van der Waals surface area contributed by atoms with Gasteiger partial charge in [0.15, 0.2) is 0 Å². The van der Waals surface area contributed by atoms with E-state index < -0.39 is 11.2 Å². The van der Waals surface area contributed by atoms with Crippen LogP contribution in [0.25, 0.3) is 27.6 Å². The Morgan fingerprint density at radius 2 is 1.47 bits per heavy atom. The van der Waals surface area contributed by atoms with Gasteiger partial charge in [0.1, 0.15) is 17.0 Å². The van der Waals surface area contributed by atoms with Gasteiger partial charge in [0, 0.05) is 17.5 Å². The fraction of sp³-hybridized carbons (Fsp3) is 0.154. The average molecular weight is 476 g/mol. The third kappa shape index (κ3) is 3.45. The first kappa shape index (κ1) is 21.9. The van der Waals surface area contributed by atoms with E-state index in [0.29, 0.717) is 33.2 Å². The number of fused-ring (bicyclic) bond motifs is 3. The molecule has 8 heteroatoms. The van der Waals surface area contributed by atoms with Gasteiger partial charge < -0.3 is 14.0 Å². The van der Waals surface area contributed by atoms with Gasteiger partial charge in [0.2, 0.25) is 0 Å². The molecule has 0 saturated carbocycles. The summed E-state index contributed by atoms with van der Waals surface area (Å²) >= 11 is 6.07. The van der Waals surface area contributed by atoms with Crippen molar-refractivity contribution in [3.63, 3.8) is 0 Å². The maximum absolute atomic E-state index is 13.9. The summed E-state index contributed by atoms with van der Waals surface area (Å²) in [6.07, 6.45) is 0. The number of hydrogen-bond donors (Lipinski definition) is 0. The molecule has 0 spiro atoms. The smallest absolute Gasteiger partial charge is 0.336 e. The third-order valence-corrected chi connectivity index (χ3v) is 6.31. The minimum Gasteiger partial charge on any atom is -0.497 e. The van der Waals surface area contributed by atoms with Crippen LogP contribution in [0.2, 0.25) is 5.02 Å². The maximum Gasteiger partial charge on any atom is 0.336 e. The van der Waals surface area contributed by atoms with Crippen molar-refractivity contribution in [2.45, 2.75) is 6.54 Å². The second-order valence-corrected chi connectivity index (χ2v) is 8.41. The number of ether oxygens (including phenoxy) is 2. The largest absolute Gasteiger partial charge is 0.497 e. The summed E-state index contributed by atoms with van der Waals surface area (Å²) in [5.74, 6) is 1.28. The Balaban J connectivity index is 1.89. The highest BCUT2D eigenvalue weighted by Crippen LogP contribution is 2.29. The molecule has 3 aromatic carbocycles. The molecule has 0 aliphatic rings. The molecule has 0 saturated heterocycles. The van der Waals surface area contributed by atoms with Crippen LogP contribution in [0.1, 0.15) is 5.56 Å². The van der Waals surface area contributed by atoms with E-state index in [1.165, 1.54) is 4.57 Å². The summed E-state index contributed by atoms with van der Waals surface area (Å²) in [5.41, 5.74) is 2.32. The predicted octanol–water partition coefficient (Wildman–Crippen LogP) is 4.36. The predicted molar refractivity (Wildman–Crippen MR) is 134 cm³/mol. The van der Waals surface area contributed by atoms with Crippen molar-refractivity contribution in [1.29, 1.82) is 0 Å². The highest BCUT2D eigenvalue weighted by Gasteiger charge is 2.22. The van der Waals surface area contributed by atoms with Crippen LogP contribution < -0.4 is 20.7 Å². The summed E-state index contributed by atoms with van der Waals surface area (Å²) in [6.45, 7) is 0.263. The third-order valence-electron chi connectivity index (χ3n) is 6.06. The summed E-state index contributed by atoms with van der Waals surface area (Å²) in [4.78, 5) is 27.6. The van der Waals surface area contributed by atoms with Gasteiger partial charge in [-0.15, -0.1) is 0 Å². The number of aromatic nitrogens is 3. The molecular weight excluding hydrogens is 454 g/mol. The summed E-state index contributed by atoms with van der Waals surface area (Å²) in [5, 5.41) is 1.38. The molecule has 0 amide bonds. The summed E-state index contributed by atoms with van der Waals surface area (Å²) in [7, 11) is 4.98. The number of benzene rings is 3. The van der Waals surface area contributed by atoms with Crippen LogP contribution in [0.15, 0.2) is 76.3 Å². The van der Waals surface area contributed by atoms with Crippen LogP contribution in [0, 0.1) is 0 Å². The number of aryl methyl sites for hydroxylation is 1. The molecule has 7 nitrogen and oxygen atoms in total. The molecule has 0 radical (unpaired) electrons. The zero-order valence-electron chi connectivity index (χ0n) is 18.9. The Morgan fingerprint density at radius 3 is 2.12 bits per heavy atom. The molecule has 0 N–H and O–H groups in total. The second kappa shape index (κ2) is 8.43. The van der Waals surface area contributed by atoms with Crippen LogP contribution in [-0.2, 0) is 13.6 Å². The fourth-order valence-corrected chi connectivity index (χ4v) is 4.46. The lowest BCUT2D eigenvalue weighted by Gasteiger charge is -2.14. The van der Waals surface area contributed by atoms with Gasteiger partial charge >= 0.3 is 5.69 Å². The zero-order valence-corrected chi connectivity index (χ0v) is 19.7. The second-order valence-electron chi connectivity index (χ2n) is 7.97. The van der Waals surface area contributed by atoms with E-state index in [1.807, 2.05) is 41.9 Å². The van der Waals surface area contributed by atoms with Crippen LogP contribution in [0.5, 0.6) is 11.5 Å². The average Bonchev–Trinajstić information content (AvgIpc) is 3.15. The first-order valence-corrected chi connectivity index (χ1v) is 11.0. The minimum atomic E-state index is -0.437. The lowest BCUT2D eigenvalue weighted by Crippen LogP contribution is -2.39. The Bertz CT molecular complexity index is 1650. The number of rotatable bonds is 5. The maximum atomic E-state index is 13.9. The van der Waals surface area contributed by atoms with E-state index in [1.54, 1.807) is 55.2 Å². The molecule has 5 aromatic rings. The normalized spacial score (nSPS) is 11.3. The van der Waals surface area contributed by atoms with Crippen LogP contribution >= 0.6 is 11.6 Å². The molecule has 0 unspecified atom stereocenters. The van der Waals surface area contributed by atoms with Crippen molar-refractivity contribution >= 4 is 33.5 Å². The van der Waals surface area contributed by atoms with Gasteiger partial charge in [-0.2, -0.15) is 0 Å². The fourth-order valence-electron chi connectivity index (χ4n) is 4.34. The van der Waals surface area contributed by atoms with E-state index in [4.69, 9.17) is 21.1 Å². The number of hydrogen-bond acceptors (Lipinski definition) is 4. The van der Waals surface area contributed by atoms with Crippen LogP contribution in [0.3, 0.4) is 0 Å². The van der Waals surface area contributed by atoms with Gasteiger partial charge in [0.25, 0.3) is 5.56 Å². The van der Waals surface area contributed by atoms with Crippen LogP contribution in [0.4, 0.5) is 0 Å². The monoisotopic (exact) mass is 475 g/mol.